The van der Waals surface area contributed by atoms with E-state index in [1.165, 1.54) is 0 Å². The summed E-state index contributed by atoms with van der Waals surface area (Å²) in [4.78, 5) is 26.4. The number of pyridine rings is 1. The van der Waals surface area contributed by atoms with Crippen molar-refractivity contribution >= 4 is 33.6 Å². The number of furan rings is 1. The summed E-state index contributed by atoms with van der Waals surface area (Å²) >= 11 is 0. The third kappa shape index (κ3) is 5.81. The van der Waals surface area contributed by atoms with E-state index in [1.54, 1.807) is 30.5 Å². The maximum atomic E-state index is 13.1. The minimum atomic E-state index is -4.58. The SMILES string of the molecule is CCn1cc(-c2c[nH]c(=O)c(N3CCOCC3C)c2)cn1.FC(F)(F)c1nc(N2CCCC2)c2oc3ccccc3c2n1. The normalized spacial score (nSPS) is 17.5. The summed E-state index contributed by atoms with van der Waals surface area (Å²) in [6.45, 7) is 8.35. The number of aryl methyl sites for hydroxylation is 1. The number of nitrogens with zero attached hydrogens (tertiary/aromatic N) is 6. The number of anilines is 2. The summed E-state index contributed by atoms with van der Waals surface area (Å²) in [6.07, 6.45) is 2.85. The molecule has 2 saturated heterocycles. The number of aromatic nitrogens is 5. The first-order chi connectivity index (χ1) is 20.7. The van der Waals surface area contributed by atoms with Gasteiger partial charge in [0.2, 0.25) is 5.82 Å². The topological polar surface area (TPSA) is 105 Å². The number of halogens is 3. The number of aromatic amines is 1. The third-order valence-corrected chi connectivity index (χ3v) is 7.71. The van der Waals surface area contributed by atoms with Crippen molar-refractivity contribution in [3.05, 3.63) is 65.1 Å². The lowest BCUT2D eigenvalue weighted by molar-refractivity contribution is -0.144. The monoisotopic (exact) mass is 595 g/mol. The van der Waals surface area contributed by atoms with Gasteiger partial charge in [-0.15, -0.1) is 0 Å². The van der Waals surface area contributed by atoms with Gasteiger partial charge in [0.25, 0.3) is 5.56 Å². The largest absolute Gasteiger partial charge is 0.451 e. The molecule has 6 heterocycles. The van der Waals surface area contributed by atoms with Crippen LogP contribution in [0.5, 0.6) is 0 Å². The second-order valence-electron chi connectivity index (χ2n) is 10.6. The fourth-order valence-corrected chi connectivity index (χ4v) is 5.47. The standard InChI is InChI=1S/C15H12F3N3O.C15H20N4O2/c16-15(17,18)14-19-11-9-5-1-2-6-10(9)22-12(11)13(20-14)21-7-3-4-8-21;1-3-18-9-13(8-17-18)12-6-14(15(20)16-7-12)19-4-5-21-10-11(19)2/h1-2,5-6H,3-4,7-8H2;6-9,11H,3-5,10H2,1-2H3,(H,16,20). The van der Waals surface area contributed by atoms with Crippen LogP contribution in [0.15, 0.2) is 58.1 Å². The number of benzene rings is 1. The van der Waals surface area contributed by atoms with E-state index in [1.807, 2.05) is 35.0 Å². The van der Waals surface area contributed by atoms with Crippen LogP contribution in [0.25, 0.3) is 33.2 Å². The van der Waals surface area contributed by atoms with Crippen molar-refractivity contribution < 1.29 is 22.3 Å². The Balaban J connectivity index is 0.000000153. The molecule has 2 aliphatic rings. The van der Waals surface area contributed by atoms with Gasteiger partial charge in [0.05, 0.1) is 19.4 Å². The van der Waals surface area contributed by atoms with Gasteiger partial charge in [-0.1, -0.05) is 12.1 Å². The molecule has 0 amide bonds. The molecule has 1 aromatic carbocycles. The average Bonchev–Trinajstić information content (AvgIpc) is 3.78. The van der Waals surface area contributed by atoms with E-state index in [4.69, 9.17) is 9.15 Å². The van der Waals surface area contributed by atoms with Crippen molar-refractivity contribution in [1.82, 2.24) is 24.7 Å². The Morgan fingerprint density at radius 1 is 1.09 bits per heavy atom. The van der Waals surface area contributed by atoms with E-state index in [0.29, 0.717) is 48.5 Å². The van der Waals surface area contributed by atoms with E-state index >= 15 is 0 Å². The first kappa shape index (κ1) is 28.7. The van der Waals surface area contributed by atoms with E-state index in [-0.39, 0.29) is 22.9 Å². The Kier molecular flexibility index (Phi) is 7.82. The van der Waals surface area contributed by atoms with Gasteiger partial charge in [-0.05, 0) is 44.9 Å². The van der Waals surface area contributed by atoms with Crippen LogP contribution in [0.3, 0.4) is 0 Å². The minimum Gasteiger partial charge on any atom is -0.450 e. The molecule has 226 valence electrons. The Hall–Kier alpha value is -4.39. The molecule has 2 aliphatic heterocycles. The molecule has 43 heavy (non-hydrogen) atoms. The quantitative estimate of drug-likeness (QED) is 0.291. The maximum Gasteiger partial charge on any atom is 0.451 e. The highest BCUT2D eigenvalue weighted by Gasteiger charge is 2.37. The van der Waals surface area contributed by atoms with Crippen LogP contribution < -0.4 is 15.4 Å². The van der Waals surface area contributed by atoms with E-state index in [9.17, 15) is 18.0 Å². The molecular formula is C30H32F3N7O3. The Bertz CT molecular complexity index is 1790. The number of morpholine rings is 1. The number of ether oxygens (including phenoxy) is 1. The van der Waals surface area contributed by atoms with E-state index < -0.39 is 12.0 Å². The highest BCUT2D eigenvalue weighted by Crippen LogP contribution is 2.37. The smallest absolute Gasteiger partial charge is 0.450 e. The average molecular weight is 596 g/mol. The molecule has 13 heteroatoms. The summed E-state index contributed by atoms with van der Waals surface area (Å²) in [5, 5.41) is 4.86. The molecule has 1 N–H and O–H groups in total. The molecule has 1 unspecified atom stereocenters. The zero-order chi connectivity index (χ0) is 30.1. The summed E-state index contributed by atoms with van der Waals surface area (Å²) in [7, 11) is 0. The lowest BCUT2D eigenvalue weighted by Gasteiger charge is -2.34. The van der Waals surface area contributed by atoms with Crippen molar-refractivity contribution in [3.8, 4) is 11.1 Å². The van der Waals surface area contributed by atoms with Gasteiger partial charge in [-0.25, -0.2) is 9.97 Å². The number of hydrogen-bond donors (Lipinski definition) is 1. The second kappa shape index (κ2) is 11.7. The molecule has 0 radical (unpaired) electrons. The number of H-pyrrole nitrogens is 1. The zero-order valence-corrected chi connectivity index (χ0v) is 23.9. The fourth-order valence-electron chi connectivity index (χ4n) is 5.47. The summed E-state index contributed by atoms with van der Waals surface area (Å²) in [5.74, 6) is -0.875. The molecule has 0 saturated carbocycles. The zero-order valence-electron chi connectivity index (χ0n) is 23.9. The van der Waals surface area contributed by atoms with Crippen molar-refractivity contribution in [3.63, 3.8) is 0 Å². The summed E-state index contributed by atoms with van der Waals surface area (Å²) in [6, 6.07) is 9.10. The molecule has 0 aliphatic carbocycles. The van der Waals surface area contributed by atoms with Gasteiger partial charge >= 0.3 is 6.18 Å². The van der Waals surface area contributed by atoms with Crippen molar-refractivity contribution in [2.45, 2.75) is 45.5 Å². The molecule has 0 spiro atoms. The van der Waals surface area contributed by atoms with Crippen molar-refractivity contribution in [2.24, 2.45) is 0 Å². The predicted molar refractivity (Wildman–Crippen MR) is 157 cm³/mol. The van der Waals surface area contributed by atoms with Gasteiger partial charge in [-0.3, -0.25) is 9.48 Å². The number of nitrogens with one attached hydrogen (secondary N) is 1. The summed E-state index contributed by atoms with van der Waals surface area (Å²) < 4.78 is 52.4. The van der Waals surface area contributed by atoms with Crippen LogP contribution in [0.4, 0.5) is 24.7 Å². The molecule has 7 rings (SSSR count). The number of hydrogen-bond acceptors (Lipinski definition) is 8. The lowest BCUT2D eigenvalue weighted by Crippen LogP contribution is -2.45. The van der Waals surface area contributed by atoms with E-state index in [0.717, 1.165) is 37.1 Å². The Morgan fingerprint density at radius 3 is 2.60 bits per heavy atom. The maximum absolute atomic E-state index is 13.1. The molecule has 2 fully saturated rings. The molecule has 10 nitrogen and oxygen atoms in total. The first-order valence-electron chi connectivity index (χ1n) is 14.3. The lowest BCUT2D eigenvalue weighted by atomic mass is 10.1. The van der Waals surface area contributed by atoms with Crippen molar-refractivity contribution in [1.29, 1.82) is 0 Å². The minimum absolute atomic E-state index is 0.0598. The van der Waals surface area contributed by atoms with E-state index in [2.05, 4.69) is 31.9 Å². The molecule has 5 aromatic rings. The number of alkyl halides is 3. The molecule has 0 bridgehead atoms. The van der Waals surface area contributed by atoms with Gasteiger partial charge in [0.15, 0.2) is 11.4 Å². The van der Waals surface area contributed by atoms with Crippen LogP contribution in [0, 0.1) is 0 Å². The molecular weight excluding hydrogens is 563 g/mol. The van der Waals surface area contributed by atoms with Crippen LogP contribution in [-0.4, -0.2) is 63.6 Å². The number of rotatable bonds is 4. The van der Waals surface area contributed by atoms with Crippen molar-refractivity contribution in [2.75, 3.05) is 42.6 Å². The third-order valence-electron chi connectivity index (χ3n) is 7.71. The van der Waals surface area contributed by atoms with Gasteiger partial charge < -0.3 is 23.9 Å². The van der Waals surface area contributed by atoms with Crippen LogP contribution in [-0.2, 0) is 17.5 Å². The van der Waals surface area contributed by atoms with Gasteiger partial charge in [-0.2, -0.15) is 18.3 Å². The van der Waals surface area contributed by atoms with Crippen LogP contribution >= 0.6 is 0 Å². The van der Waals surface area contributed by atoms with Gasteiger partial charge in [0, 0.05) is 61.1 Å². The Morgan fingerprint density at radius 2 is 1.88 bits per heavy atom. The predicted octanol–water partition coefficient (Wildman–Crippen LogP) is 5.48. The number of fused-ring (bicyclic) bond motifs is 3. The molecule has 1 atom stereocenters. The van der Waals surface area contributed by atoms with Crippen LogP contribution in [0.1, 0.15) is 32.5 Å². The summed E-state index contributed by atoms with van der Waals surface area (Å²) in [5.41, 5.74) is 3.70. The Labute approximate surface area is 245 Å². The highest BCUT2D eigenvalue weighted by molar-refractivity contribution is 6.05. The highest BCUT2D eigenvalue weighted by atomic mass is 19.4. The van der Waals surface area contributed by atoms with Gasteiger partial charge in [0.1, 0.15) is 16.8 Å². The number of para-hydroxylation sites is 1. The van der Waals surface area contributed by atoms with Crippen LogP contribution in [0.2, 0.25) is 0 Å². The first-order valence-corrected chi connectivity index (χ1v) is 14.3. The molecule has 4 aromatic heterocycles. The second-order valence-corrected chi connectivity index (χ2v) is 10.6. The fraction of sp³-hybridized carbons (Fsp3) is 0.400.